The van der Waals surface area contributed by atoms with Crippen LogP contribution in [0, 0.1) is 5.92 Å². The molecular weight excluding hydrogens is 226 g/mol. The number of benzene rings is 1. The molecule has 4 nitrogen and oxygen atoms in total. The number of methoxy groups -OCH3 is 1. The van der Waals surface area contributed by atoms with E-state index in [-0.39, 0.29) is 0 Å². The van der Waals surface area contributed by atoms with Crippen LogP contribution in [0.3, 0.4) is 0 Å². The zero-order chi connectivity index (χ0) is 13.1. The molecule has 0 aromatic heterocycles. The van der Waals surface area contributed by atoms with Crippen LogP contribution in [-0.2, 0) is 0 Å². The molecule has 0 radical (unpaired) electrons. The summed E-state index contributed by atoms with van der Waals surface area (Å²) in [6.07, 6.45) is 1.27. The molecule has 4 heteroatoms. The lowest BCUT2D eigenvalue weighted by Gasteiger charge is -2.24. The Balaban J connectivity index is 2.02. The SMILES string of the molecule is COc1ccc(N(C)CC2CCN(C)C2)c(N)c1. The average molecular weight is 249 g/mol. The molecular formula is C14H23N3O. The second-order valence-electron chi connectivity index (χ2n) is 5.22. The molecule has 0 bridgehead atoms. The van der Waals surface area contributed by atoms with E-state index in [1.54, 1.807) is 7.11 Å². The zero-order valence-electron chi connectivity index (χ0n) is 11.5. The Kier molecular flexibility index (Phi) is 3.97. The van der Waals surface area contributed by atoms with Crippen molar-refractivity contribution in [3.63, 3.8) is 0 Å². The van der Waals surface area contributed by atoms with Crippen LogP contribution in [0.4, 0.5) is 11.4 Å². The van der Waals surface area contributed by atoms with Crippen molar-refractivity contribution >= 4 is 11.4 Å². The first-order chi connectivity index (χ1) is 8.60. The van der Waals surface area contributed by atoms with Crippen molar-refractivity contribution in [2.45, 2.75) is 6.42 Å². The summed E-state index contributed by atoms with van der Waals surface area (Å²) >= 11 is 0. The molecule has 2 N–H and O–H groups in total. The molecule has 1 saturated heterocycles. The number of nitrogen functional groups attached to an aromatic ring is 1. The number of rotatable bonds is 4. The standard InChI is InChI=1S/C14H23N3O/c1-16-7-6-11(9-16)10-17(2)14-5-4-12(18-3)8-13(14)15/h4-5,8,11H,6-7,9-10,15H2,1-3H3. The summed E-state index contributed by atoms with van der Waals surface area (Å²) in [5.41, 5.74) is 7.94. The molecule has 1 aromatic rings. The fraction of sp³-hybridized carbons (Fsp3) is 0.571. The Labute approximate surface area is 109 Å². The lowest BCUT2D eigenvalue weighted by atomic mass is 10.1. The molecule has 2 rings (SSSR count). The number of nitrogens with two attached hydrogens (primary N) is 1. The van der Waals surface area contributed by atoms with E-state index in [1.807, 2.05) is 18.2 Å². The Hall–Kier alpha value is -1.42. The van der Waals surface area contributed by atoms with Crippen LogP contribution < -0.4 is 15.4 Å². The van der Waals surface area contributed by atoms with E-state index in [2.05, 4.69) is 23.9 Å². The highest BCUT2D eigenvalue weighted by Gasteiger charge is 2.21. The van der Waals surface area contributed by atoms with Crippen LogP contribution in [0.1, 0.15) is 6.42 Å². The Bertz CT molecular complexity index is 408. The maximum Gasteiger partial charge on any atom is 0.121 e. The van der Waals surface area contributed by atoms with E-state index in [9.17, 15) is 0 Å². The molecule has 0 aliphatic carbocycles. The fourth-order valence-electron chi connectivity index (χ4n) is 2.67. The van der Waals surface area contributed by atoms with E-state index in [0.717, 1.165) is 29.6 Å². The summed E-state index contributed by atoms with van der Waals surface area (Å²) < 4.78 is 5.17. The Morgan fingerprint density at radius 1 is 1.50 bits per heavy atom. The monoisotopic (exact) mass is 249 g/mol. The van der Waals surface area contributed by atoms with Crippen molar-refractivity contribution in [1.82, 2.24) is 4.90 Å². The second kappa shape index (κ2) is 5.48. The lowest BCUT2D eigenvalue weighted by molar-refractivity contribution is 0.396. The van der Waals surface area contributed by atoms with Crippen LogP contribution in [0.5, 0.6) is 5.75 Å². The minimum absolute atomic E-state index is 0.738. The molecule has 0 spiro atoms. The fourth-order valence-corrected chi connectivity index (χ4v) is 2.67. The predicted molar refractivity (Wildman–Crippen MR) is 76.3 cm³/mol. The van der Waals surface area contributed by atoms with Gasteiger partial charge in [0, 0.05) is 26.2 Å². The molecule has 1 heterocycles. The number of nitrogens with zero attached hydrogens (tertiary/aromatic N) is 2. The van der Waals surface area contributed by atoms with Crippen LogP contribution in [-0.4, -0.2) is 45.7 Å². The smallest absolute Gasteiger partial charge is 0.121 e. The van der Waals surface area contributed by atoms with Crippen molar-refractivity contribution < 1.29 is 4.74 Å². The summed E-state index contributed by atoms with van der Waals surface area (Å²) in [5, 5.41) is 0. The van der Waals surface area contributed by atoms with Crippen molar-refractivity contribution in [1.29, 1.82) is 0 Å². The average Bonchev–Trinajstić information content (AvgIpc) is 2.74. The molecule has 18 heavy (non-hydrogen) atoms. The highest BCUT2D eigenvalue weighted by atomic mass is 16.5. The molecule has 0 amide bonds. The number of likely N-dealkylation sites (tertiary alicyclic amines) is 1. The maximum absolute atomic E-state index is 6.07. The number of hydrogen-bond acceptors (Lipinski definition) is 4. The van der Waals surface area contributed by atoms with E-state index < -0.39 is 0 Å². The summed E-state index contributed by atoms with van der Waals surface area (Å²) in [7, 11) is 5.95. The van der Waals surface area contributed by atoms with Crippen LogP contribution in [0.15, 0.2) is 18.2 Å². The van der Waals surface area contributed by atoms with Crippen molar-refractivity contribution in [2.24, 2.45) is 5.92 Å². The topological polar surface area (TPSA) is 41.7 Å². The van der Waals surface area contributed by atoms with Gasteiger partial charge in [-0.25, -0.2) is 0 Å². The van der Waals surface area contributed by atoms with Gasteiger partial charge in [0.05, 0.1) is 18.5 Å². The third kappa shape index (κ3) is 2.88. The van der Waals surface area contributed by atoms with Crippen LogP contribution in [0.25, 0.3) is 0 Å². The van der Waals surface area contributed by atoms with Gasteiger partial charge < -0.3 is 20.3 Å². The first-order valence-electron chi connectivity index (χ1n) is 6.43. The minimum Gasteiger partial charge on any atom is -0.497 e. The quantitative estimate of drug-likeness (QED) is 0.824. The molecule has 100 valence electrons. The van der Waals surface area contributed by atoms with Gasteiger partial charge in [0.2, 0.25) is 0 Å². The van der Waals surface area contributed by atoms with Gasteiger partial charge in [-0.1, -0.05) is 0 Å². The molecule has 0 saturated carbocycles. The lowest BCUT2D eigenvalue weighted by Crippen LogP contribution is -2.27. The van der Waals surface area contributed by atoms with Gasteiger partial charge in [-0.3, -0.25) is 0 Å². The van der Waals surface area contributed by atoms with E-state index in [4.69, 9.17) is 10.5 Å². The van der Waals surface area contributed by atoms with E-state index in [1.165, 1.54) is 19.5 Å². The van der Waals surface area contributed by atoms with E-state index >= 15 is 0 Å². The van der Waals surface area contributed by atoms with Gasteiger partial charge in [0.15, 0.2) is 0 Å². The van der Waals surface area contributed by atoms with Gasteiger partial charge in [0.1, 0.15) is 5.75 Å². The zero-order valence-corrected chi connectivity index (χ0v) is 11.5. The van der Waals surface area contributed by atoms with Crippen molar-refractivity contribution in [2.75, 3.05) is 51.5 Å². The van der Waals surface area contributed by atoms with E-state index in [0.29, 0.717) is 0 Å². The number of ether oxygens (including phenoxy) is 1. The second-order valence-corrected chi connectivity index (χ2v) is 5.22. The number of anilines is 2. The summed E-state index contributed by atoms with van der Waals surface area (Å²) in [6, 6.07) is 5.88. The normalized spacial score (nSPS) is 20.1. The molecule has 1 unspecified atom stereocenters. The van der Waals surface area contributed by atoms with Gasteiger partial charge in [0.25, 0.3) is 0 Å². The third-order valence-corrected chi connectivity index (χ3v) is 3.67. The summed E-state index contributed by atoms with van der Waals surface area (Å²) in [6.45, 7) is 3.44. The Morgan fingerprint density at radius 2 is 2.28 bits per heavy atom. The predicted octanol–water partition coefficient (Wildman–Crippen LogP) is 1.67. The molecule has 1 aliphatic heterocycles. The molecule has 1 atom stereocenters. The van der Waals surface area contributed by atoms with Gasteiger partial charge in [-0.2, -0.15) is 0 Å². The largest absolute Gasteiger partial charge is 0.497 e. The van der Waals surface area contributed by atoms with Gasteiger partial charge >= 0.3 is 0 Å². The first kappa shape index (κ1) is 13.0. The third-order valence-electron chi connectivity index (χ3n) is 3.67. The maximum atomic E-state index is 6.07. The first-order valence-corrected chi connectivity index (χ1v) is 6.43. The molecule has 1 aromatic carbocycles. The van der Waals surface area contributed by atoms with Crippen LogP contribution in [0.2, 0.25) is 0 Å². The molecule has 1 fully saturated rings. The summed E-state index contributed by atoms with van der Waals surface area (Å²) in [4.78, 5) is 4.63. The number of hydrogen-bond donors (Lipinski definition) is 1. The minimum atomic E-state index is 0.738. The summed E-state index contributed by atoms with van der Waals surface area (Å²) in [5.74, 6) is 1.55. The van der Waals surface area contributed by atoms with Crippen molar-refractivity contribution in [3.8, 4) is 5.75 Å². The Morgan fingerprint density at radius 3 is 2.83 bits per heavy atom. The van der Waals surface area contributed by atoms with Gasteiger partial charge in [-0.05, 0) is 38.1 Å². The van der Waals surface area contributed by atoms with Gasteiger partial charge in [-0.15, -0.1) is 0 Å². The highest BCUT2D eigenvalue weighted by Crippen LogP contribution is 2.28. The van der Waals surface area contributed by atoms with Crippen molar-refractivity contribution in [3.05, 3.63) is 18.2 Å². The van der Waals surface area contributed by atoms with Crippen LogP contribution >= 0.6 is 0 Å². The highest BCUT2D eigenvalue weighted by molar-refractivity contribution is 5.69. The molecule has 1 aliphatic rings.